The van der Waals surface area contributed by atoms with E-state index >= 15 is 0 Å². The van der Waals surface area contributed by atoms with Gasteiger partial charge in [0, 0.05) is 6.61 Å². The average Bonchev–Trinajstić information content (AvgIpc) is 2.17. The van der Waals surface area contributed by atoms with Crippen molar-refractivity contribution in [1.29, 1.82) is 0 Å². The van der Waals surface area contributed by atoms with E-state index < -0.39 is 0 Å². The molecule has 0 spiro atoms. The summed E-state index contributed by atoms with van der Waals surface area (Å²) < 4.78 is 5.42. The zero-order valence-corrected chi connectivity index (χ0v) is 8.92. The van der Waals surface area contributed by atoms with Gasteiger partial charge in [0.2, 0.25) is 0 Å². The molecule has 0 amide bonds. The highest BCUT2D eigenvalue weighted by Gasteiger charge is 2.05. The molecule has 13 heavy (non-hydrogen) atoms. The fourth-order valence-electron chi connectivity index (χ4n) is 1.26. The summed E-state index contributed by atoms with van der Waals surface area (Å²) in [6.07, 6.45) is 5.04. The first kappa shape index (κ1) is 12.9. The van der Waals surface area contributed by atoms with Crippen LogP contribution in [0.25, 0.3) is 0 Å². The van der Waals surface area contributed by atoms with Gasteiger partial charge in [0.05, 0.1) is 13.2 Å². The molecule has 1 atom stereocenters. The molecule has 0 aromatic heterocycles. The second-order valence-electron chi connectivity index (χ2n) is 3.36. The van der Waals surface area contributed by atoms with Crippen molar-refractivity contribution in [3.63, 3.8) is 0 Å². The largest absolute Gasteiger partial charge is 0.379 e. The molecule has 0 aliphatic carbocycles. The Kier molecular flexibility index (Phi) is 9.87. The first-order valence-electron chi connectivity index (χ1n) is 5.24. The minimum Gasteiger partial charge on any atom is -0.379 e. The van der Waals surface area contributed by atoms with E-state index in [-0.39, 0.29) is 0 Å². The van der Waals surface area contributed by atoms with Crippen molar-refractivity contribution >= 4 is 0 Å². The molecule has 0 aromatic rings. The van der Waals surface area contributed by atoms with E-state index in [0.29, 0.717) is 19.1 Å². The van der Waals surface area contributed by atoms with Gasteiger partial charge in [-0.3, -0.25) is 0 Å². The fraction of sp³-hybridized carbons (Fsp3) is 1.00. The van der Waals surface area contributed by atoms with Gasteiger partial charge >= 0.3 is 0 Å². The van der Waals surface area contributed by atoms with Crippen LogP contribution in [0.15, 0.2) is 0 Å². The Labute approximate surface area is 81.5 Å². The molecule has 0 aromatic carbocycles. The Bertz CT molecular complexity index is 98.9. The number of rotatable bonds is 9. The van der Waals surface area contributed by atoms with Crippen molar-refractivity contribution in [3.8, 4) is 0 Å². The number of unbranched alkanes of at least 4 members (excludes halogenated alkanes) is 1. The van der Waals surface area contributed by atoms with Crippen molar-refractivity contribution in [1.82, 2.24) is 0 Å². The summed E-state index contributed by atoms with van der Waals surface area (Å²) in [5.41, 5.74) is 0. The Hall–Kier alpha value is -0.120. The summed E-state index contributed by atoms with van der Waals surface area (Å²) in [6.45, 7) is 6.38. The number of hydrogen-bond donors (Lipinski definition) is 1. The quantitative estimate of drug-likeness (QED) is 0.446. The summed E-state index contributed by atoms with van der Waals surface area (Å²) >= 11 is 0. The molecule has 0 saturated carbocycles. The monoisotopic (exact) mass is 189 g/mol. The Morgan fingerprint density at radius 1 is 1.23 bits per heavy atom. The van der Waals surface area contributed by atoms with Crippen LogP contribution in [-0.2, 0) is 9.57 Å². The van der Waals surface area contributed by atoms with Gasteiger partial charge in [0.15, 0.2) is 0 Å². The van der Waals surface area contributed by atoms with Crippen molar-refractivity contribution < 1.29 is 9.57 Å². The second kappa shape index (κ2) is 9.96. The Morgan fingerprint density at radius 2 is 2.00 bits per heavy atom. The van der Waals surface area contributed by atoms with Gasteiger partial charge in [-0.1, -0.05) is 33.1 Å². The summed E-state index contributed by atoms with van der Waals surface area (Å²) in [7, 11) is 0. The standard InChI is InChI=1S/C10H23NO2/c1-3-5-6-10(4-2)9-12-7-8-13-11/h10H,3-9,11H2,1-2H3. The molecule has 80 valence electrons. The summed E-state index contributed by atoms with van der Waals surface area (Å²) in [5.74, 6) is 5.58. The molecular formula is C10H23NO2. The van der Waals surface area contributed by atoms with Gasteiger partial charge < -0.3 is 9.57 Å². The maximum Gasteiger partial charge on any atom is 0.0913 e. The molecule has 0 heterocycles. The maximum absolute atomic E-state index is 5.42. The minimum atomic E-state index is 0.490. The van der Waals surface area contributed by atoms with Crippen LogP contribution in [0.5, 0.6) is 0 Å². The second-order valence-corrected chi connectivity index (χ2v) is 3.36. The van der Waals surface area contributed by atoms with E-state index in [4.69, 9.17) is 10.6 Å². The fourth-order valence-corrected chi connectivity index (χ4v) is 1.26. The van der Waals surface area contributed by atoms with Crippen LogP contribution in [0, 0.1) is 5.92 Å². The molecule has 0 bridgehead atoms. The lowest BCUT2D eigenvalue weighted by molar-refractivity contribution is 0.0310. The van der Waals surface area contributed by atoms with E-state index in [9.17, 15) is 0 Å². The molecule has 0 saturated heterocycles. The summed E-state index contributed by atoms with van der Waals surface area (Å²) in [6, 6.07) is 0. The van der Waals surface area contributed by atoms with E-state index in [0.717, 1.165) is 6.61 Å². The van der Waals surface area contributed by atoms with Crippen LogP contribution in [-0.4, -0.2) is 19.8 Å². The van der Waals surface area contributed by atoms with Crippen molar-refractivity contribution in [2.75, 3.05) is 19.8 Å². The lowest BCUT2D eigenvalue weighted by atomic mass is 10.0. The molecule has 0 rings (SSSR count). The minimum absolute atomic E-state index is 0.490. The number of hydrogen-bond acceptors (Lipinski definition) is 3. The Morgan fingerprint density at radius 3 is 2.54 bits per heavy atom. The zero-order valence-electron chi connectivity index (χ0n) is 8.92. The lowest BCUT2D eigenvalue weighted by Crippen LogP contribution is -2.13. The third-order valence-electron chi connectivity index (χ3n) is 2.24. The molecule has 2 N–H and O–H groups in total. The highest BCUT2D eigenvalue weighted by molar-refractivity contribution is 4.55. The molecule has 3 nitrogen and oxygen atoms in total. The van der Waals surface area contributed by atoms with Gasteiger partial charge in [-0.15, -0.1) is 0 Å². The maximum atomic E-state index is 5.42. The first-order chi connectivity index (χ1) is 6.35. The lowest BCUT2D eigenvalue weighted by Gasteiger charge is -2.14. The van der Waals surface area contributed by atoms with E-state index in [1.165, 1.54) is 25.7 Å². The summed E-state index contributed by atoms with van der Waals surface area (Å²) in [4.78, 5) is 4.41. The molecule has 0 fully saturated rings. The van der Waals surface area contributed by atoms with Crippen LogP contribution < -0.4 is 5.90 Å². The van der Waals surface area contributed by atoms with E-state index in [1.807, 2.05) is 0 Å². The smallest absolute Gasteiger partial charge is 0.0913 e. The molecule has 0 radical (unpaired) electrons. The van der Waals surface area contributed by atoms with Crippen molar-refractivity contribution in [2.24, 2.45) is 11.8 Å². The van der Waals surface area contributed by atoms with Gasteiger partial charge in [0.25, 0.3) is 0 Å². The Balaban J connectivity index is 3.25. The molecular weight excluding hydrogens is 166 g/mol. The average molecular weight is 189 g/mol. The first-order valence-corrected chi connectivity index (χ1v) is 5.24. The number of nitrogens with two attached hydrogens (primary N) is 1. The van der Waals surface area contributed by atoms with Crippen molar-refractivity contribution in [2.45, 2.75) is 39.5 Å². The van der Waals surface area contributed by atoms with Gasteiger partial charge in [-0.2, -0.15) is 0 Å². The third-order valence-corrected chi connectivity index (χ3v) is 2.24. The normalized spacial score (nSPS) is 13.2. The van der Waals surface area contributed by atoms with Gasteiger partial charge in [0.1, 0.15) is 0 Å². The van der Waals surface area contributed by atoms with Crippen LogP contribution in [0.1, 0.15) is 39.5 Å². The highest BCUT2D eigenvalue weighted by Crippen LogP contribution is 2.12. The summed E-state index contributed by atoms with van der Waals surface area (Å²) in [5, 5.41) is 0. The van der Waals surface area contributed by atoms with Gasteiger partial charge in [-0.05, 0) is 12.3 Å². The topological polar surface area (TPSA) is 44.5 Å². The SMILES string of the molecule is CCCCC(CC)COCCON. The van der Waals surface area contributed by atoms with Crippen molar-refractivity contribution in [3.05, 3.63) is 0 Å². The molecule has 3 heteroatoms. The highest BCUT2D eigenvalue weighted by atomic mass is 16.6. The third kappa shape index (κ3) is 8.22. The number of ether oxygens (including phenoxy) is 1. The van der Waals surface area contributed by atoms with Gasteiger partial charge in [-0.25, -0.2) is 5.90 Å². The van der Waals surface area contributed by atoms with E-state index in [2.05, 4.69) is 18.7 Å². The molecule has 0 aliphatic heterocycles. The predicted octanol–water partition coefficient (Wildman–Crippen LogP) is 2.11. The molecule has 0 aliphatic rings. The predicted molar refractivity (Wildman–Crippen MR) is 54.3 cm³/mol. The van der Waals surface area contributed by atoms with Crippen LogP contribution in [0.4, 0.5) is 0 Å². The molecule has 1 unspecified atom stereocenters. The zero-order chi connectivity index (χ0) is 9.94. The van der Waals surface area contributed by atoms with Crippen LogP contribution >= 0.6 is 0 Å². The van der Waals surface area contributed by atoms with Crippen LogP contribution in [0.3, 0.4) is 0 Å². The van der Waals surface area contributed by atoms with E-state index in [1.54, 1.807) is 0 Å². The van der Waals surface area contributed by atoms with Crippen LogP contribution in [0.2, 0.25) is 0 Å².